The molecule has 0 spiro atoms. The smallest absolute Gasteiger partial charge is 0.214 e. The minimum atomic E-state index is 0.313. The summed E-state index contributed by atoms with van der Waals surface area (Å²) in [5.74, 6) is 2.06. The van der Waals surface area contributed by atoms with E-state index in [-0.39, 0.29) is 0 Å². The Morgan fingerprint density at radius 1 is 1.23 bits per heavy atom. The van der Waals surface area contributed by atoms with E-state index in [2.05, 4.69) is 10.3 Å². The third kappa shape index (κ3) is 4.82. The molecule has 1 aliphatic carbocycles. The number of carbonyl (C=O) groups is 1. The summed E-state index contributed by atoms with van der Waals surface area (Å²) in [6.45, 7) is 4.41. The first-order chi connectivity index (χ1) is 14.4. The molecule has 0 bridgehead atoms. The largest absolute Gasteiger partial charge is 0.495 e. The van der Waals surface area contributed by atoms with Gasteiger partial charge in [0.1, 0.15) is 17.3 Å². The highest BCUT2D eigenvalue weighted by Gasteiger charge is 2.29. The van der Waals surface area contributed by atoms with Crippen molar-refractivity contribution < 1.29 is 14.3 Å². The highest BCUT2D eigenvalue weighted by molar-refractivity contribution is 6.39. The predicted molar refractivity (Wildman–Crippen MR) is 121 cm³/mol. The standard InChI is InChI=1S/C22H25Cl2N3O3/c1-13-9-25-14(2)26-10-16(13)7-17(27(12-28)11-15-5-6-15)20-21(23)18(29-3)8-19(30-4)22(20)24/h7-10,12,15H,5-6,11H2,1-4H3,(H,25,26)/b17-7-. The van der Waals surface area contributed by atoms with E-state index in [0.29, 0.717) is 45.3 Å². The van der Waals surface area contributed by atoms with Crippen LogP contribution in [0.5, 0.6) is 11.5 Å². The van der Waals surface area contributed by atoms with Crippen molar-refractivity contribution in [3.05, 3.63) is 51.3 Å². The van der Waals surface area contributed by atoms with Gasteiger partial charge in [-0.05, 0) is 49.8 Å². The van der Waals surface area contributed by atoms with E-state index in [1.54, 1.807) is 17.2 Å². The van der Waals surface area contributed by atoms with Gasteiger partial charge < -0.3 is 19.7 Å². The molecule has 1 aromatic rings. The minimum absolute atomic E-state index is 0.313. The van der Waals surface area contributed by atoms with Gasteiger partial charge in [0.05, 0.1) is 30.0 Å². The van der Waals surface area contributed by atoms with Crippen LogP contribution in [0, 0.1) is 5.92 Å². The summed E-state index contributed by atoms with van der Waals surface area (Å²) in [6.07, 6.45) is 8.51. The molecule has 1 amide bonds. The number of hydrogen-bond acceptors (Lipinski definition) is 5. The number of benzene rings is 1. The van der Waals surface area contributed by atoms with Crippen molar-refractivity contribution in [1.82, 2.24) is 10.2 Å². The Kier molecular flexibility index (Phi) is 7.10. The summed E-state index contributed by atoms with van der Waals surface area (Å²) >= 11 is 13.4. The zero-order valence-electron chi connectivity index (χ0n) is 17.5. The van der Waals surface area contributed by atoms with Gasteiger partial charge >= 0.3 is 0 Å². The van der Waals surface area contributed by atoms with Crippen molar-refractivity contribution in [1.29, 1.82) is 0 Å². The molecule has 1 heterocycles. The maximum absolute atomic E-state index is 12.1. The number of hydrogen-bond donors (Lipinski definition) is 1. The second kappa shape index (κ2) is 9.58. The van der Waals surface area contributed by atoms with Crippen LogP contribution < -0.4 is 14.8 Å². The van der Waals surface area contributed by atoms with Gasteiger partial charge in [-0.25, -0.2) is 4.99 Å². The molecule has 3 rings (SSSR count). The topological polar surface area (TPSA) is 63.2 Å². The van der Waals surface area contributed by atoms with E-state index in [1.807, 2.05) is 26.1 Å². The molecule has 6 nitrogen and oxygen atoms in total. The second-order valence-electron chi connectivity index (χ2n) is 7.29. The number of nitrogens with zero attached hydrogens (tertiary/aromatic N) is 2. The summed E-state index contributed by atoms with van der Waals surface area (Å²) < 4.78 is 10.8. The summed E-state index contributed by atoms with van der Waals surface area (Å²) in [4.78, 5) is 18.1. The van der Waals surface area contributed by atoms with Gasteiger partial charge in [-0.15, -0.1) is 0 Å². The van der Waals surface area contributed by atoms with E-state index < -0.39 is 0 Å². The van der Waals surface area contributed by atoms with E-state index in [4.69, 9.17) is 32.7 Å². The molecule has 0 aromatic heterocycles. The summed E-state index contributed by atoms with van der Waals surface area (Å²) in [5.41, 5.74) is 2.83. The number of amidine groups is 1. The average Bonchev–Trinajstić information content (AvgIpc) is 3.57. The highest BCUT2D eigenvalue weighted by Crippen LogP contribution is 2.45. The molecule has 0 unspecified atom stereocenters. The quantitative estimate of drug-likeness (QED) is 0.565. The lowest BCUT2D eigenvalue weighted by atomic mass is 10.0. The number of amides is 1. The molecule has 0 atom stereocenters. The fraction of sp³-hybridized carbons (Fsp3) is 0.364. The summed E-state index contributed by atoms with van der Waals surface area (Å²) in [7, 11) is 3.04. The number of halogens is 2. The van der Waals surface area contributed by atoms with Crippen LogP contribution in [-0.2, 0) is 4.79 Å². The van der Waals surface area contributed by atoms with E-state index in [1.165, 1.54) is 14.2 Å². The van der Waals surface area contributed by atoms with Gasteiger partial charge in [0.2, 0.25) is 6.41 Å². The molecule has 1 aliphatic heterocycles. The molecule has 1 aromatic carbocycles. The summed E-state index contributed by atoms with van der Waals surface area (Å²) in [6, 6.07) is 1.63. The fourth-order valence-corrected chi connectivity index (χ4v) is 3.78. The molecule has 8 heteroatoms. The Morgan fingerprint density at radius 2 is 1.87 bits per heavy atom. The number of allylic oxidation sites excluding steroid dienone is 3. The van der Waals surface area contributed by atoms with E-state index >= 15 is 0 Å². The van der Waals surface area contributed by atoms with Crippen LogP contribution >= 0.6 is 23.2 Å². The van der Waals surface area contributed by atoms with E-state index in [0.717, 1.165) is 36.2 Å². The van der Waals surface area contributed by atoms with E-state index in [9.17, 15) is 4.79 Å². The molecule has 30 heavy (non-hydrogen) atoms. The zero-order valence-corrected chi connectivity index (χ0v) is 19.0. The van der Waals surface area contributed by atoms with Crippen LogP contribution in [0.2, 0.25) is 10.0 Å². The first-order valence-corrected chi connectivity index (χ1v) is 10.4. The number of carbonyl (C=O) groups excluding carboxylic acids is 1. The lowest BCUT2D eigenvalue weighted by Crippen LogP contribution is -2.24. The molecule has 1 N–H and O–H groups in total. The van der Waals surface area contributed by atoms with Crippen molar-refractivity contribution in [2.45, 2.75) is 26.7 Å². The Labute approximate surface area is 186 Å². The third-order valence-electron chi connectivity index (χ3n) is 5.05. The minimum Gasteiger partial charge on any atom is -0.495 e. The number of aliphatic imine (C=N–C) groups is 1. The third-order valence-corrected chi connectivity index (χ3v) is 5.80. The van der Waals surface area contributed by atoms with Crippen molar-refractivity contribution in [3.8, 4) is 11.5 Å². The normalized spacial score (nSPS) is 16.6. The maximum atomic E-state index is 12.1. The molecule has 0 saturated heterocycles. The number of rotatable bonds is 8. The Balaban J connectivity index is 2.22. The predicted octanol–water partition coefficient (Wildman–Crippen LogP) is 5.03. The van der Waals surface area contributed by atoms with Crippen LogP contribution in [0.25, 0.3) is 5.70 Å². The first-order valence-electron chi connectivity index (χ1n) is 9.61. The Bertz CT molecular complexity index is 935. The molecule has 1 saturated carbocycles. The molecular weight excluding hydrogens is 425 g/mol. The van der Waals surface area contributed by atoms with Crippen LogP contribution in [-0.4, -0.2) is 37.9 Å². The van der Waals surface area contributed by atoms with Crippen molar-refractivity contribution in [3.63, 3.8) is 0 Å². The van der Waals surface area contributed by atoms with Crippen molar-refractivity contribution >= 4 is 41.1 Å². The molecule has 2 aliphatic rings. The number of nitrogens with one attached hydrogen (secondary N) is 1. The average molecular weight is 450 g/mol. The second-order valence-corrected chi connectivity index (χ2v) is 8.04. The Morgan fingerprint density at radius 3 is 2.40 bits per heavy atom. The monoisotopic (exact) mass is 449 g/mol. The molecule has 0 radical (unpaired) electrons. The van der Waals surface area contributed by atoms with Gasteiger partial charge in [-0.3, -0.25) is 4.79 Å². The lowest BCUT2D eigenvalue weighted by Gasteiger charge is -2.25. The zero-order chi connectivity index (χ0) is 21.8. The lowest BCUT2D eigenvalue weighted by molar-refractivity contribution is -0.115. The van der Waals surface area contributed by atoms with Gasteiger partial charge in [-0.2, -0.15) is 0 Å². The molecular formula is C22H25Cl2N3O3. The first kappa shape index (κ1) is 22.2. The van der Waals surface area contributed by atoms with Gasteiger partial charge in [0.25, 0.3) is 0 Å². The van der Waals surface area contributed by atoms with Crippen LogP contribution in [0.3, 0.4) is 0 Å². The fourth-order valence-electron chi connectivity index (χ4n) is 3.09. The van der Waals surface area contributed by atoms with Crippen LogP contribution in [0.1, 0.15) is 32.3 Å². The SMILES string of the molecule is COc1cc(OC)c(Cl)c(/C(=C/C2=CNC(C)=NC=C2C)N(C=O)CC2CC2)c1Cl. The summed E-state index contributed by atoms with van der Waals surface area (Å²) in [5, 5.41) is 3.76. The van der Waals surface area contributed by atoms with Gasteiger partial charge in [0.15, 0.2) is 0 Å². The van der Waals surface area contributed by atoms with Crippen LogP contribution in [0.15, 0.2) is 40.7 Å². The number of ether oxygens (including phenoxy) is 2. The maximum Gasteiger partial charge on any atom is 0.214 e. The van der Waals surface area contributed by atoms with Crippen molar-refractivity contribution in [2.24, 2.45) is 10.9 Å². The van der Waals surface area contributed by atoms with Gasteiger partial charge in [-0.1, -0.05) is 23.2 Å². The molecule has 1 fully saturated rings. The van der Waals surface area contributed by atoms with Gasteiger partial charge in [0, 0.05) is 30.6 Å². The van der Waals surface area contributed by atoms with Crippen molar-refractivity contribution in [2.75, 3.05) is 20.8 Å². The molecule has 160 valence electrons. The number of methoxy groups -OCH3 is 2. The Hall–Kier alpha value is -2.44. The van der Waals surface area contributed by atoms with Crippen LogP contribution in [0.4, 0.5) is 0 Å². The highest BCUT2D eigenvalue weighted by atomic mass is 35.5.